The number of carbonyl (C=O) groups is 3. The molecule has 1 heterocycles. The van der Waals surface area contributed by atoms with Crippen LogP contribution < -0.4 is 5.32 Å². The van der Waals surface area contributed by atoms with Crippen molar-refractivity contribution < 1.29 is 24.2 Å². The minimum atomic E-state index is -1.04. The van der Waals surface area contributed by atoms with Crippen LogP contribution in [0, 0.1) is 0 Å². The van der Waals surface area contributed by atoms with E-state index in [0.717, 1.165) is 5.56 Å². The van der Waals surface area contributed by atoms with Gasteiger partial charge in [0, 0.05) is 15.7 Å². The SMILES string of the molecule is CC1=C(C(=O)OCc2ccccc2)C(c2ccc(Cl)cc2Cl)NC(=O)N1Cc1ccc(C(=O)O)cc1. The monoisotopic (exact) mass is 524 g/mol. The third-order valence-electron chi connectivity index (χ3n) is 5.84. The molecule has 0 aliphatic carbocycles. The average Bonchev–Trinajstić information content (AvgIpc) is 2.86. The van der Waals surface area contributed by atoms with Crippen molar-refractivity contribution in [2.24, 2.45) is 0 Å². The molecule has 3 aromatic rings. The van der Waals surface area contributed by atoms with Crippen LogP contribution in [0.5, 0.6) is 0 Å². The number of nitrogens with one attached hydrogen (secondary N) is 1. The number of benzene rings is 3. The number of carboxylic acid groups (broad SMARTS) is 1. The van der Waals surface area contributed by atoms with Crippen molar-refractivity contribution in [3.8, 4) is 0 Å². The number of hydrogen-bond acceptors (Lipinski definition) is 4. The number of amides is 2. The third-order valence-corrected chi connectivity index (χ3v) is 6.41. The van der Waals surface area contributed by atoms with Gasteiger partial charge < -0.3 is 15.2 Å². The van der Waals surface area contributed by atoms with Crippen molar-refractivity contribution in [1.82, 2.24) is 10.2 Å². The van der Waals surface area contributed by atoms with Crippen molar-refractivity contribution in [2.45, 2.75) is 26.1 Å². The van der Waals surface area contributed by atoms with E-state index in [4.69, 9.17) is 33.0 Å². The summed E-state index contributed by atoms with van der Waals surface area (Å²) in [6.45, 7) is 1.84. The van der Waals surface area contributed by atoms with Crippen LogP contribution in [0.2, 0.25) is 10.0 Å². The van der Waals surface area contributed by atoms with Gasteiger partial charge in [0.2, 0.25) is 0 Å². The number of urea groups is 1. The van der Waals surface area contributed by atoms with Crippen molar-refractivity contribution in [2.75, 3.05) is 0 Å². The number of aromatic carboxylic acids is 1. The molecule has 1 aliphatic rings. The Balaban J connectivity index is 1.69. The fourth-order valence-corrected chi connectivity index (χ4v) is 4.46. The van der Waals surface area contributed by atoms with E-state index >= 15 is 0 Å². The zero-order valence-corrected chi connectivity index (χ0v) is 20.7. The van der Waals surface area contributed by atoms with E-state index in [0.29, 0.717) is 26.9 Å². The Labute approximate surface area is 217 Å². The molecule has 4 rings (SSSR count). The van der Waals surface area contributed by atoms with Crippen LogP contribution in [0.3, 0.4) is 0 Å². The summed E-state index contributed by atoms with van der Waals surface area (Å²) in [4.78, 5) is 39.1. The number of allylic oxidation sites excluding steroid dienone is 1. The number of esters is 1. The summed E-state index contributed by atoms with van der Waals surface area (Å²) in [5.74, 6) is -1.64. The van der Waals surface area contributed by atoms with Gasteiger partial charge in [-0.15, -0.1) is 0 Å². The summed E-state index contributed by atoms with van der Waals surface area (Å²) in [6, 6.07) is 19.0. The van der Waals surface area contributed by atoms with Gasteiger partial charge in [0.05, 0.1) is 23.7 Å². The molecule has 1 aliphatic heterocycles. The van der Waals surface area contributed by atoms with Gasteiger partial charge in [-0.3, -0.25) is 4.90 Å². The second-order valence-corrected chi connectivity index (χ2v) is 9.04. The number of hydrogen-bond donors (Lipinski definition) is 2. The molecule has 0 bridgehead atoms. The molecule has 184 valence electrons. The molecular weight excluding hydrogens is 503 g/mol. The highest BCUT2D eigenvalue weighted by atomic mass is 35.5. The molecular formula is C27H22Cl2N2O5. The standard InChI is InChI=1S/C27H22Cl2N2O5/c1-16-23(26(34)36-15-18-5-3-2-4-6-18)24(21-12-11-20(28)13-22(21)29)30-27(35)31(16)14-17-7-9-19(10-8-17)25(32)33/h2-13,24H,14-15H2,1H3,(H,30,35)(H,32,33). The first-order valence-corrected chi connectivity index (χ1v) is 11.8. The molecule has 2 N–H and O–H groups in total. The molecule has 36 heavy (non-hydrogen) atoms. The molecule has 0 aromatic heterocycles. The first-order chi connectivity index (χ1) is 17.2. The first kappa shape index (κ1) is 25.3. The Morgan fingerprint density at radius 1 is 1.00 bits per heavy atom. The number of carbonyl (C=O) groups excluding carboxylic acids is 2. The maximum absolute atomic E-state index is 13.4. The van der Waals surface area contributed by atoms with E-state index < -0.39 is 24.0 Å². The van der Waals surface area contributed by atoms with Crippen LogP contribution in [-0.2, 0) is 22.7 Å². The van der Waals surface area contributed by atoms with E-state index in [-0.39, 0.29) is 24.3 Å². The Morgan fingerprint density at radius 3 is 2.33 bits per heavy atom. The lowest BCUT2D eigenvalue weighted by Crippen LogP contribution is -2.47. The highest BCUT2D eigenvalue weighted by Gasteiger charge is 2.37. The Hall–Kier alpha value is -3.81. The molecule has 1 unspecified atom stereocenters. The van der Waals surface area contributed by atoms with Crippen LogP contribution in [0.1, 0.15) is 40.0 Å². The lowest BCUT2D eigenvalue weighted by molar-refractivity contribution is -0.141. The number of carboxylic acids is 1. The third kappa shape index (κ3) is 5.53. The summed E-state index contributed by atoms with van der Waals surface area (Å²) in [5.41, 5.74) is 2.78. The lowest BCUT2D eigenvalue weighted by Gasteiger charge is -2.35. The van der Waals surface area contributed by atoms with Gasteiger partial charge in [0.25, 0.3) is 0 Å². The molecule has 3 aromatic carbocycles. The van der Waals surface area contributed by atoms with Crippen LogP contribution in [0.25, 0.3) is 0 Å². The van der Waals surface area contributed by atoms with Crippen LogP contribution in [-0.4, -0.2) is 28.0 Å². The number of halogens is 2. The Morgan fingerprint density at radius 2 is 1.69 bits per heavy atom. The van der Waals surface area contributed by atoms with E-state index in [2.05, 4.69) is 5.32 Å². The first-order valence-electron chi connectivity index (χ1n) is 11.0. The molecule has 0 saturated heterocycles. The number of rotatable bonds is 7. The van der Waals surface area contributed by atoms with Crippen LogP contribution >= 0.6 is 23.2 Å². The predicted molar refractivity (Wildman–Crippen MR) is 136 cm³/mol. The molecule has 9 heteroatoms. The average molecular weight is 525 g/mol. The van der Waals surface area contributed by atoms with Gasteiger partial charge in [0.1, 0.15) is 6.61 Å². The van der Waals surface area contributed by atoms with Crippen molar-refractivity contribution in [3.63, 3.8) is 0 Å². The second kappa shape index (κ2) is 10.8. The largest absolute Gasteiger partial charge is 0.478 e. The summed E-state index contributed by atoms with van der Waals surface area (Å²) >= 11 is 12.5. The zero-order valence-electron chi connectivity index (χ0n) is 19.2. The van der Waals surface area contributed by atoms with E-state index in [9.17, 15) is 14.4 Å². The van der Waals surface area contributed by atoms with Crippen molar-refractivity contribution in [1.29, 1.82) is 0 Å². The quantitative estimate of drug-likeness (QED) is 0.371. The van der Waals surface area contributed by atoms with Gasteiger partial charge in [-0.2, -0.15) is 0 Å². The van der Waals surface area contributed by atoms with Gasteiger partial charge in [-0.1, -0.05) is 71.7 Å². The minimum Gasteiger partial charge on any atom is -0.478 e. The molecule has 0 spiro atoms. The maximum Gasteiger partial charge on any atom is 0.338 e. The van der Waals surface area contributed by atoms with Gasteiger partial charge >= 0.3 is 18.0 Å². The smallest absolute Gasteiger partial charge is 0.338 e. The minimum absolute atomic E-state index is 0.0577. The number of nitrogens with zero attached hydrogens (tertiary/aromatic N) is 1. The van der Waals surface area contributed by atoms with Gasteiger partial charge in [-0.05, 0) is 47.9 Å². The summed E-state index contributed by atoms with van der Waals surface area (Å²) < 4.78 is 5.62. The molecule has 0 radical (unpaired) electrons. The Kier molecular flexibility index (Phi) is 7.62. The highest BCUT2D eigenvalue weighted by molar-refractivity contribution is 6.35. The van der Waals surface area contributed by atoms with Gasteiger partial charge in [0.15, 0.2) is 0 Å². The zero-order chi connectivity index (χ0) is 25.8. The van der Waals surface area contributed by atoms with E-state index in [1.165, 1.54) is 17.0 Å². The molecule has 0 fully saturated rings. The van der Waals surface area contributed by atoms with E-state index in [1.54, 1.807) is 37.3 Å². The predicted octanol–water partition coefficient (Wildman–Crippen LogP) is 5.98. The fourth-order valence-electron chi connectivity index (χ4n) is 3.94. The highest BCUT2D eigenvalue weighted by Crippen LogP contribution is 2.36. The normalized spacial score (nSPS) is 15.5. The molecule has 1 atom stereocenters. The fraction of sp³-hybridized carbons (Fsp3) is 0.148. The number of ether oxygens (including phenoxy) is 1. The van der Waals surface area contributed by atoms with Gasteiger partial charge in [-0.25, -0.2) is 14.4 Å². The van der Waals surface area contributed by atoms with Crippen molar-refractivity contribution in [3.05, 3.63) is 116 Å². The van der Waals surface area contributed by atoms with Crippen LogP contribution in [0.4, 0.5) is 4.79 Å². The van der Waals surface area contributed by atoms with E-state index in [1.807, 2.05) is 30.3 Å². The molecule has 7 nitrogen and oxygen atoms in total. The second-order valence-electron chi connectivity index (χ2n) is 8.20. The maximum atomic E-state index is 13.4. The molecule has 0 saturated carbocycles. The summed E-state index contributed by atoms with van der Waals surface area (Å²) in [6.07, 6.45) is 0. The summed E-state index contributed by atoms with van der Waals surface area (Å²) in [7, 11) is 0. The Bertz CT molecular complexity index is 1340. The molecule has 2 amide bonds. The topological polar surface area (TPSA) is 95.9 Å². The lowest BCUT2D eigenvalue weighted by atomic mass is 9.94. The summed E-state index contributed by atoms with van der Waals surface area (Å²) in [5, 5.41) is 12.7. The van der Waals surface area contributed by atoms with Crippen LogP contribution in [0.15, 0.2) is 84.1 Å². The van der Waals surface area contributed by atoms with Crippen molar-refractivity contribution >= 4 is 41.2 Å².